The topological polar surface area (TPSA) is 12.9 Å². The van der Waals surface area contributed by atoms with E-state index in [0.29, 0.717) is 0 Å². The SMILES string of the molecule is C=Cc1cc(C(/C=C\C)=C/C)ncc1/C=C\C.CC. The van der Waals surface area contributed by atoms with Gasteiger partial charge in [-0.3, -0.25) is 4.98 Å². The largest absolute Gasteiger partial charge is 0.256 e. The second-order valence-electron chi connectivity index (χ2n) is 3.65. The Bertz CT molecular complexity index is 476. The van der Waals surface area contributed by atoms with Crippen molar-refractivity contribution in [1.29, 1.82) is 0 Å². The molecular weight excluding hydrogens is 230 g/mol. The van der Waals surface area contributed by atoms with Gasteiger partial charge in [0.25, 0.3) is 0 Å². The molecule has 19 heavy (non-hydrogen) atoms. The highest BCUT2D eigenvalue weighted by Gasteiger charge is 2.02. The summed E-state index contributed by atoms with van der Waals surface area (Å²) in [5.41, 5.74) is 4.32. The van der Waals surface area contributed by atoms with Crippen molar-refractivity contribution in [3.8, 4) is 0 Å². The van der Waals surface area contributed by atoms with Crippen molar-refractivity contribution in [3.63, 3.8) is 0 Å². The van der Waals surface area contributed by atoms with E-state index < -0.39 is 0 Å². The van der Waals surface area contributed by atoms with Gasteiger partial charge in [-0.2, -0.15) is 0 Å². The van der Waals surface area contributed by atoms with Gasteiger partial charge < -0.3 is 0 Å². The lowest BCUT2D eigenvalue weighted by Gasteiger charge is -2.05. The smallest absolute Gasteiger partial charge is 0.0704 e. The Labute approximate surface area is 118 Å². The van der Waals surface area contributed by atoms with E-state index >= 15 is 0 Å². The van der Waals surface area contributed by atoms with Crippen LogP contribution in [-0.4, -0.2) is 4.98 Å². The Morgan fingerprint density at radius 3 is 2.26 bits per heavy atom. The molecule has 1 nitrogen and oxygen atoms in total. The lowest BCUT2D eigenvalue weighted by atomic mass is 10.0. The number of aromatic nitrogens is 1. The molecule has 1 aromatic rings. The number of pyridine rings is 1. The summed E-state index contributed by atoms with van der Waals surface area (Å²) in [5.74, 6) is 0. The molecule has 0 unspecified atom stereocenters. The van der Waals surface area contributed by atoms with Gasteiger partial charge in [0.05, 0.1) is 5.69 Å². The fraction of sp³-hybridized carbons (Fsp3) is 0.278. The molecule has 0 fully saturated rings. The molecule has 0 radical (unpaired) electrons. The Kier molecular flexibility index (Phi) is 9.07. The van der Waals surface area contributed by atoms with Crippen LogP contribution in [0, 0.1) is 0 Å². The Hall–Kier alpha value is -1.89. The van der Waals surface area contributed by atoms with Crippen molar-refractivity contribution in [3.05, 3.63) is 60.0 Å². The molecule has 0 saturated carbocycles. The predicted molar refractivity (Wildman–Crippen MR) is 88.8 cm³/mol. The average Bonchev–Trinajstić information content (AvgIpc) is 2.47. The van der Waals surface area contributed by atoms with Gasteiger partial charge in [-0.25, -0.2) is 0 Å². The van der Waals surface area contributed by atoms with Gasteiger partial charge >= 0.3 is 0 Å². The molecule has 0 spiro atoms. The molecule has 0 aromatic carbocycles. The monoisotopic (exact) mass is 255 g/mol. The minimum Gasteiger partial charge on any atom is -0.256 e. The van der Waals surface area contributed by atoms with Gasteiger partial charge in [0, 0.05) is 6.20 Å². The van der Waals surface area contributed by atoms with Crippen molar-refractivity contribution in [2.24, 2.45) is 0 Å². The summed E-state index contributed by atoms with van der Waals surface area (Å²) in [6, 6.07) is 2.07. The quantitative estimate of drug-likeness (QED) is 0.623. The first-order chi connectivity index (χ1) is 9.26. The van der Waals surface area contributed by atoms with Gasteiger partial charge in [0.15, 0.2) is 0 Å². The van der Waals surface area contributed by atoms with Crippen LogP contribution in [-0.2, 0) is 0 Å². The molecule has 0 amide bonds. The average molecular weight is 255 g/mol. The molecule has 0 atom stereocenters. The van der Waals surface area contributed by atoms with E-state index in [1.54, 1.807) is 0 Å². The summed E-state index contributed by atoms with van der Waals surface area (Å²) >= 11 is 0. The molecular formula is C18H25N. The van der Waals surface area contributed by atoms with Crippen molar-refractivity contribution in [2.75, 3.05) is 0 Å². The van der Waals surface area contributed by atoms with E-state index in [4.69, 9.17) is 0 Å². The maximum atomic E-state index is 4.48. The molecule has 1 heterocycles. The molecule has 0 aliphatic carbocycles. The van der Waals surface area contributed by atoms with Crippen LogP contribution in [0.2, 0.25) is 0 Å². The third-order valence-electron chi connectivity index (χ3n) is 2.49. The highest BCUT2D eigenvalue weighted by molar-refractivity contribution is 5.74. The first kappa shape index (κ1) is 17.1. The van der Waals surface area contributed by atoms with Gasteiger partial charge in [-0.05, 0) is 43.5 Å². The van der Waals surface area contributed by atoms with Crippen LogP contribution >= 0.6 is 0 Å². The van der Waals surface area contributed by atoms with Crippen molar-refractivity contribution in [1.82, 2.24) is 4.98 Å². The first-order valence-corrected chi connectivity index (χ1v) is 6.81. The summed E-state index contributed by atoms with van der Waals surface area (Å²) < 4.78 is 0. The summed E-state index contributed by atoms with van der Waals surface area (Å²) in [4.78, 5) is 4.48. The number of nitrogens with zero attached hydrogens (tertiary/aromatic N) is 1. The Morgan fingerprint density at radius 2 is 1.79 bits per heavy atom. The molecule has 0 N–H and O–H groups in total. The predicted octanol–water partition coefficient (Wildman–Crippen LogP) is 5.76. The zero-order chi connectivity index (χ0) is 14.7. The Balaban J connectivity index is 0.00000154. The summed E-state index contributed by atoms with van der Waals surface area (Å²) in [6.07, 6.45) is 13.9. The third-order valence-corrected chi connectivity index (χ3v) is 2.49. The van der Waals surface area contributed by atoms with E-state index in [9.17, 15) is 0 Å². The molecule has 1 rings (SSSR count). The summed E-state index contributed by atoms with van der Waals surface area (Å²) in [5, 5.41) is 0. The van der Waals surface area contributed by atoms with Gasteiger partial charge in [0.1, 0.15) is 0 Å². The van der Waals surface area contributed by atoms with Crippen LogP contribution in [0.5, 0.6) is 0 Å². The highest BCUT2D eigenvalue weighted by Crippen LogP contribution is 2.19. The minimum absolute atomic E-state index is 0.980. The van der Waals surface area contributed by atoms with Gasteiger partial charge in [0.2, 0.25) is 0 Å². The summed E-state index contributed by atoms with van der Waals surface area (Å²) in [6.45, 7) is 13.9. The van der Waals surface area contributed by atoms with Crippen molar-refractivity contribution >= 4 is 17.7 Å². The zero-order valence-corrected chi connectivity index (χ0v) is 12.8. The van der Waals surface area contributed by atoms with Crippen LogP contribution in [0.1, 0.15) is 51.4 Å². The number of hydrogen-bond acceptors (Lipinski definition) is 1. The van der Waals surface area contributed by atoms with E-state index in [2.05, 4.69) is 29.8 Å². The first-order valence-electron chi connectivity index (χ1n) is 6.81. The second-order valence-corrected chi connectivity index (χ2v) is 3.65. The van der Waals surface area contributed by atoms with Crippen molar-refractivity contribution in [2.45, 2.75) is 34.6 Å². The van der Waals surface area contributed by atoms with E-state index in [1.165, 1.54) is 0 Å². The van der Waals surface area contributed by atoms with Crippen LogP contribution in [0.25, 0.3) is 17.7 Å². The van der Waals surface area contributed by atoms with Gasteiger partial charge in [-0.1, -0.05) is 56.9 Å². The number of hydrogen-bond donors (Lipinski definition) is 0. The molecule has 0 bridgehead atoms. The van der Waals surface area contributed by atoms with Gasteiger partial charge in [-0.15, -0.1) is 0 Å². The lowest BCUT2D eigenvalue weighted by Crippen LogP contribution is -1.91. The van der Waals surface area contributed by atoms with Crippen molar-refractivity contribution < 1.29 is 0 Å². The zero-order valence-electron chi connectivity index (χ0n) is 12.8. The summed E-state index contributed by atoms with van der Waals surface area (Å²) in [7, 11) is 0. The molecule has 1 heteroatoms. The van der Waals surface area contributed by atoms with Crippen LogP contribution in [0.15, 0.2) is 43.1 Å². The van der Waals surface area contributed by atoms with E-state index in [1.807, 2.05) is 65.1 Å². The standard InChI is InChI=1S/C16H19N.C2H6/c1-5-9-13(7-3)16-11-14(8-4)15(10-6-2)12-17-16;1-2/h5-12H,4H2,1-3H3;1-2H3/b9-5-,10-6-,13-7+;. The lowest BCUT2D eigenvalue weighted by molar-refractivity contribution is 1.26. The number of rotatable bonds is 4. The molecule has 0 aliphatic heterocycles. The maximum Gasteiger partial charge on any atom is 0.0704 e. The fourth-order valence-electron chi connectivity index (χ4n) is 1.64. The minimum atomic E-state index is 0.980. The van der Waals surface area contributed by atoms with Crippen LogP contribution < -0.4 is 0 Å². The second kappa shape index (κ2) is 10.1. The van der Waals surface area contributed by atoms with E-state index in [-0.39, 0.29) is 0 Å². The Morgan fingerprint density at radius 1 is 1.11 bits per heavy atom. The fourth-order valence-corrected chi connectivity index (χ4v) is 1.64. The highest BCUT2D eigenvalue weighted by atomic mass is 14.7. The van der Waals surface area contributed by atoms with Crippen LogP contribution in [0.4, 0.5) is 0 Å². The normalized spacial score (nSPS) is 11.5. The molecule has 0 saturated heterocycles. The van der Waals surface area contributed by atoms with Crippen LogP contribution in [0.3, 0.4) is 0 Å². The number of allylic oxidation sites excluding steroid dienone is 5. The third kappa shape index (κ3) is 5.09. The molecule has 0 aliphatic rings. The van der Waals surface area contributed by atoms with E-state index in [0.717, 1.165) is 22.4 Å². The molecule has 1 aromatic heterocycles. The maximum absolute atomic E-state index is 4.48. The molecule has 102 valence electrons.